The number of nitrogens with zero attached hydrogens (tertiary/aromatic N) is 2. The van der Waals surface area contributed by atoms with Gasteiger partial charge in [0.05, 0.1) is 21.8 Å². The van der Waals surface area contributed by atoms with Crippen LogP contribution in [-0.4, -0.2) is 33.1 Å². The van der Waals surface area contributed by atoms with Crippen molar-refractivity contribution < 1.29 is 14.6 Å². The van der Waals surface area contributed by atoms with Crippen LogP contribution < -0.4 is 10.1 Å². The number of carboxylic acid groups (broad SMARTS) is 1. The molecule has 0 fully saturated rings. The Labute approximate surface area is 171 Å². The van der Waals surface area contributed by atoms with Gasteiger partial charge in [0, 0.05) is 18.3 Å². The number of benzene rings is 2. The number of aromatic carboxylic acids is 1. The molecule has 8 heteroatoms. The number of H-pyrrole nitrogens is 1. The molecular formula is C21H17ClN4O3. The molecule has 0 atom stereocenters. The Bertz CT molecular complexity index is 1220. The summed E-state index contributed by atoms with van der Waals surface area (Å²) in [5.74, 6) is -0.652. The number of anilines is 1. The van der Waals surface area contributed by atoms with E-state index in [4.69, 9.17) is 16.3 Å². The molecule has 0 saturated heterocycles. The highest BCUT2D eigenvalue weighted by Crippen LogP contribution is 2.31. The number of pyridine rings is 1. The minimum atomic E-state index is -1.01. The molecule has 7 nitrogen and oxygen atoms in total. The molecule has 0 aliphatic heterocycles. The first-order valence-electron chi connectivity index (χ1n) is 8.81. The Morgan fingerprint density at radius 1 is 1.14 bits per heavy atom. The van der Waals surface area contributed by atoms with Crippen LogP contribution >= 0.6 is 11.6 Å². The van der Waals surface area contributed by atoms with Gasteiger partial charge in [0.25, 0.3) is 0 Å². The Balaban J connectivity index is 1.68. The fourth-order valence-electron chi connectivity index (χ4n) is 2.95. The summed E-state index contributed by atoms with van der Waals surface area (Å²) in [7, 11) is 1.85. The van der Waals surface area contributed by atoms with E-state index in [1.807, 2.05) is 31.3 Å². The van der Waals surface area contributed by atoms with Gasteiger partial charge in [0.2, 0.25) is 0 Å². The molecule has 0 unspecified atom stereocenters. The number of ether oxygens (including phenoxy) is 1. The van der Waals surface area contributed by atoms with E-state index in [2.05, 4.69) is 20.3 Å². The second kappa shape index (κ2) is 7.44. The Morgan fingerprint density at radius 3 is 2.59 bits per heavy atom. The molecule has 4 aromatic rings. The van der Waals surface area contributed by atoms with Crippen LogP contribution in [0.1, 0.15) is 15.9 Å². The lowest BCUT2D eigenvalue weighted by atomic mass is 10.1. The summed E-state index contributed by atoms with van der Waals surface area (Å²) in [4.78, 5) is 23.2. The highest BCUT2D eigenvalue weighted by atomic mass is 35.5. The Kier molecular flexibility index (Phi) is 4.82. The van der Waals surface area contributed by atoms with Crippen molar-refractivity contribution in [2.24, 2.45) is 0 Å². The first kappa shape index (κ1) is 18.8. The molecule has 0 aliphatic rings. The zero-order chi connectivity index (χ0) is 20.5. The molecule has 0 amide bonds. The lowest BCUT2D eigenvalue weighted by Crippen LogP contribution is -2.00. The summed E-state index contributed by atoms with van der Waals surface area (Å²) in [6.07, 6.45) is 0. The normalized spacial score (nSPS) is 10.9. The number of halogens is 1. The van der Waals surface area contributed by atoms with E-state index in [0.29, 0.717) is 33.2 Å². The summed E-state index contributed by atoms with van der Waals surface area (Å²) in [6.45, 7) is 1.73. The average molecular weight is 409 g/mol. The van der Waals surface area contributed by atoms with Gasteiger partial charge < -0.3 is 20.1 Å². The van der Waals surface area contributed by atoms with Crippen LogP contribution in [0, 0.1) is 6.92 Å². The smallest absolute Gasteiger partial charge is 0.336 e. The van der Waals surface area contributed by atoms with Crippen molar-refractivity contribution in [2.75, 3.05) is 12.4 Å². The van der Waals surface area contributed by atoms with E-state index in [1.165, 1.54) is 6.07 Å². The molecule has 0 saturated carbocycles. The molecule has 2 aromatic carbocycles. The van der Waals surface area contributed by atoms with Gasteiger partial charge in [-0.25, -0.2) is 9.78 Å². The number of hydrogen-bond acceptors (Lipinski definition) is 5. The van der Waals surface area contributed by atoms with Gasteiger partial charge in [-0.1, -0.05) is 29.8 Å². The van der Waals surface area contributed by atoms with Crippen LogP contribution in [0.2, 0.25) is 5.02 Å². The van der Waals surface area contributed by atoms with Gasteiger partial charge in [-0.05, 0) is 42.8 Å². The fourth-order valence-corrected chi connectivity index (χ4v) is 3.21. The predicted octanol–water partition coefficient (Wildman–Crippen LogP) is 5.12. The van der Waals surface area contributed by atoms with Gasteiger partial charge >= 0.3 is 12.0 Å². The van der Waals surface area contributed by atoms with Crippen LogP contribution in [0.25, 0.3) is 22.4 Å². The number of fused-ring (bicyclic) bond motifs is 1. The molecular weight excluding hydrogens is 392 g/mol. The van der Waals surface area contributed by atoms with Crippen LogP contribution in [0.4, 0.5) is 5.69 Å². The quantitative estimate of drug-likeness (QED) is 0.424. The zero-order valence-electron chi connectivity index (χ0n) is 15.7. The van der Waals surface area contributed by atoms with E-state index >= 15 is 0 Å². The number of aromatic amines is 1. The minimum Gasteiger partial charge on any atom is -0.478 e. The van der Waals surface area contributed by atoms with Crippen LogP contribution in [0.15, 0.2) is 48.5 Å². The maximum atomic E-state index is 11.3. The molecule has 0 bridgehead atoms. The minimum absolute atomic E-state index is 0.173. The summed E-state index contributed by atoms with van der Waals surface area (Å²) < 4.78 is 5.70. The Morgan fingerprint density at radius 2 is 1.90 bits per heavy atom. The third-order valence-electron chi connectivity index (χ3n) is 4.51. The highest BCUT2D eigenvalue weighted by Gasteiger charge is 2.14. The molecule has 3 N–H and O–H groups in total. The lowest BCUT2D eigenvalue weighted by Gasteiger charge is -2.05. The van der Waals surface area contributed by atoms with Gasteiger partial charge in [-0.3, -0.25) is 0 Å². The standard InChI is InChI=1S/C21H17ClN4O3/c1-11-3-8-14(9-15(11)20(27)28)29-21-24-17-10-16(22)18(25-19(17)26-21)12-4-6-13(23-2)7-5-12/h3-10,23H,1-2H3,(H,27,28)(H,24,25,26). The number of aromatic nitrogens is 3. The van der Waals surface area contributed by atoms with Gasteiger partial charge in [-0.2, -0.15) is 4.98 Å². The fraction of sp³-hybridized carbons (Fsp3) is 0.0952. The predicted molar refractivity (Wildman–Crippen MR) is 112 cm³/mol. The average Bonchev–Trinajstić information content (AvgIpc) is 3.09. The van der Waals surface area contributed by atoms with Gasteiger partial charge in [0.15, 0.2) is 5.65 Å². The Hall–Kier alpha value is -3.58. The second-order valence-electron chi connectivity index (χ2n) is 6.44. The van der Waals surface area contributed by atoms with E-state index < -0.39 is 5.97 Å². The van der Waals surface area contributed by atoms with Crippen LogP contribution in [-0.2, 0) is 0 Å². The third-order valence-corrected chi connectivity index (χ3v) is 4.79. The topological polar surface area (TPSA) is 100 Å². The van der Waals surface area contributed by atoms with Gasteiger partial charge in [-0.15, -0.1) is 0 Å². The van der Waals surface area contributed by atoms with E-state index in [0.717, 1.165) is 11.3 Å². The number of rotatable bonds is 5. The lowest BCUT2D eigenvalue weighted by molar-refractivity contribution is 0.0695. The molecule has 2 aromatic heterocycles. The molecule has 146 valence electrons. The molecule has 4 rings (SSSR count). The number of nitrogens with one attached hydrogen (secondary N) is 2. The summed E-state index contributed by atoms with van der Waals surface area (Å²) >= 11 is 6.42. The van der Waals surface area contributed by atoms with Crippen LogP contribution in [0.5, 0.6) is 11.8 Å². The van der Waals surface area contributed by atoms with Crippen molar-refractivity contribution in [1.82, 2.24) is 15.0 Å². The SMILES string of the molecule is CNc1ccc(-c2nc3nc(Oc4ccc(C)c(C(=O)O)c4)[nH]c3cc2Cl)cc1. The van der Waals surface area contributed by atoms with Crippen molar-refractivity contribution in [3.63, 3.8) is 0 Å². The molecule has 29 heavy (non-hydrogen) atoms. The molecule has 0 spiro atoms. The number of imidazole rings is 1. The first-order valence-corrected chi connectivity index (χ1v) is 9.18. The third kappa shape index (κ3) is 3.72. The zero-order valence-corrected chi connectivity index (χ0v) is 16.4. The first-order chi connectivity index (χ1) is 13.9. The molecule has 2 heterocycles. The number of aryl methyl sites for hydroxylation is 1. The number of carbonyl (C=O) groups is 1. The second-order valence-corrected chi connectivity index (χ2v) is 6.85. The summed E-state index contributed by atoms with van der Waals surface area (Å²) in [6, 6.07) is 14.5. The summed E-state index contributed by atoms with van der Waals surface area (Å²) in [5.41, 5.74) is 4.35. The van der Waals surface area contributed by atoms with Crippen molar-refractivity contribution in [3.8, 4) is 23.0 Å². The van der Waals surface area contributed by atoms with E-state index in [-0.39, 0.29) is 11.6 Å². The van der Waals surface area contributed by atoms with Crippen molar-refractivity contribution in [3.05, 3.63) is 64.7 Å². The molecule has 0 radical (unpaired) electrons. The van der Waals surface area contributed by atoms with Gasteiger partial charge in [0.1, 0.15) is 5.75 Å². The number of carboxylic acids is 1. The van der Waals surface area contributed by atoms with Crippen molar-refractivity contribution >= 4 is 34.4 Å². The number of hydrogen-bond donors (Lipinski definition) is 3. The molecule has 0 aliphatic carbocycles. The van der Waals surface area contributed by atoms with Crippen molar-refractivity contribution in [1.29, 1.82) is 0 Å². The van der Waals surface area contributed by atoms with Crippen LogP contribution in [0.3, 0.4) is 0 Å². The largest absolute Gasteiger partial charge is 0.478 e. The summed E-state index contributed by atoms with van der Waals surface area (Å²) in [5, 5.41) is 12.8. The van der Waals surface area contributed by atoms with Crippen molar-refractivity contribution in [2.45, 2.75) is 6.92 Å². The highest BCUT2D eigenvalue weighted by molar-refractivity contribution is 6.33. The van der Waals surface area contributed by atoms with E-state index in [1.54, 1.807) is 25.1 Å². The maximum Gasteiger partial charge on any atom is 0.336 e. The monoisotopic (exact) mass is 408 g/mol. The van der Waals surface area contributed by atoms with E-state index in [9.17, 15) is 9.90 Å². The maximum absolute atomic E-state index is 11.3.